The van der Waals surface area contributed by atoms with Crippen molar-refractivity contribution >= 4 is 35.0 Å². The molecular weight excluding hydrogens is 367 g/mol. The first-order valence-electron chi connectivity index (χ1n) is 7.16. The van der Waals surface area contributed by atoms with Crippen LogP contribution >= 0.6 is 35.0 Å². The molecule has 0 saturated carbocycles. The third-order valence-electron chi connectivity index (χ3n) is 3.25. The van der Waals surface area contributed by atoms with E-state index in [2.05, 4.69) is 15.2 Å². The van der Waals surface area contributed by atoms with Crippen LogP contribution in [0.2, 0.25) is 10.0 Å². The highest BCUT2D eigenvalue weighted by Gasteiger charge is 2.11. The molecule has 1 aromatic carbocycles. The van der Waals surface area contributed by atoms with Gasteiger partial charge in [0.1, 0.15) is 0 Å². The van der Waals surface area contributed by atoms with Crippen LogP contribution in [0.3, 0.4) is 0 Å². The predicted octanol–water partition coefficient (Wildman–Crippen LogP) is 4.36. The molecule has 0 aliphatic carbocycles. The zero-order valence-corrected chi connectivity index (χ0v) is 15.1. The number of para-hydroxylation sites is 1. The van der Waals surface area contributed by atoms with E-state index in [4.69, 9.17) is 27.9 Å². The topological polar surface area (TPSA) is 52.8 Å². The van der Waals surface area contributed by atoms with Crippen molar-refractivity contribution in [2.75, 3.05) is 12.4 Å². The van der Waals surface area contributed by atoms with Crippen molar-refractivity contribution in [3.63, 3.8) is 0 Å². The Morgan fingerprint density at radius 2 is 1.79 bits per heavy atom. The monoisotopic (exact) mass is 380 g/mol. The molecule has 24 heavy (non-hydrogen) atoms. The SMILES string of the molecule is Cn1c(SCCOc2c(Cl)cccc2Cl)nnc1-c1ccncc1. The number of aromatic nitrogens is 4. The Morgan fingerprint density at radius 3 is 2.50 bits per heavy atom. The van der Waals surface area contributed by atoms with Gasteiger partial charge >= 0.3 is 0 Å². The summed E-state index contributed by atoms with van der Waals surface area (Å²) in [6.45, 7) is 0.464. The van der Waals surface area contributed by atoms with E-state index in [0.717, 1.165) is 16.5 Å². The van der Waals surface area contributed by atoms with Gasteiger partial charge < -0.3 is 9.30 Å². The summed E-state index contributed by atoms with van der Waals surface area (Å²) in [6.07, 6.45) is 3.47. The molecular formula is C16H14Cl2N4OS. The highest BCUT2D eigenvalue weighted by atomic mass is 35.5. The van der Waals surface area contributed by atoms with E-state index in [9.17, 15) is 0 Å². The van der Waals surface area contributed by atoms with Crippen molar-refractivity contribution in [2.24, 2.45) is 7.05 Å². The minimum Gasteiger partial charge on any atom is -0.490 e. The average Bonchev–Trinajstić information content (AvgIpc) is 2.95. The molecule has 2 aromatic heterocycles. The molecule has 5 nitrogen and oxygen atoms in total. The zero-order valence-electron chi connectivity index (χ0n) is 12.8. The minimum atomic E-state index is 0.464. The maximum Gasteiger partial charge on any atom is 0.191 e. The first-order valence-corrected chi connectivity index (χ1v) is 8.90. The number of hydrogen-bond donors (Lipinski definition) is 0. The van der Waals surface area contributed by atoms with Gasteiger partial charge in [0.25, 0.3) is 0 Å². The van der Waals surface area contributed by atoms with E-state index < -0.39 is 0 Å². The van der Waals surface area contributed by atoms with Crippen molar-refractivity contribution < 1.29 is 4.74 Å². The summed E-state index contributed by atoms with van der Waals surface area (Å²) in [6, 6.07) is 9.09. The van der Waals surface area contributed by atoms with Crippen LogP contribution in [0.5, 0.6) is 5.75 Å². The molecule has 0 N–H and O–H groups in total. The second-order valence-corrected chi connectivity index (χ2v) is 6.73. The Labute approximate surface area is 154 Å². The minimum absolute atomic E-state index is 0.464. The maximum absolute atomic E-state index is 6.07. The second-order valence-electron chi connectivity index (χ2n) is 4.85. The van der Waals surface area contributed by atoms with E-state index in [-0.39, 0.29) is 0 Å². The highest BCUT2D eigenvalue weighted by molar-refractivity contribution is 7.99. The molecule has 3 aromatic rings. The average molecular weight is 381 g/mol. The van der Waals surface area contributed by atoms with Crippen LogP contribution in [0.15, 0.2) is 47.9 Å². The molecule has 0 aliphatic heterocycles. The van der Waals surface area contributed by atoms with Crippen molar-refractivity contribution in [1.82, 2.24) is 19.7 Å². The van der Waals surface area contributed by atoms with Crippen LogP contribution < -0.4 is 4.74 Å². The largest absolute Gasteiger partial charge is 0.490 e. The lowest BCUT2D eigenvalue weighted by Crippen LogP contribution is -2.03. The molecule has 0 atom stereocenters. The zero-order chi connectivity index (χ0) is 16.9. The number of pyridine rings is 1. The van der Waals surface area contributed by atoms with Gasteiger partial charge in [-0.3, -0.25) is 4.98 Å². The summed E-state index contributed by atoms with van der Waals surface area (Å²) < 4.78 is 7.62. The number of benzene rings is 1. The number of thioether (sulfide) groups is 1. The number of rotatable bonds is 6. The Hall–Kier alpha value is -1.76. The molecule has 0 bridgehead atoms. The smallest absolute Gasteiger partial charge is 0.191 e. The Bertz CT molecular complexity index is 806. The van der Waals surface area contributed by atoms with E-state index >= 15 is 0 Å². The van der Waals surface area contributed by atoms with Gasteiger partial charge in [-0.25, -0.2) is 0 Å². The molecule has 3 rings (SSSR count). The standard InChI is InChI=1S/C16H14Cl2N4OS/c1-22-15(11-5-7-19-8-6-11)20-21-16(22)24-10-9-23-14-12(17)3-2-4-13(14)18/h2-8H,9-10H2,1H3. The lowest BCUT2D eigenvalue weighted by molar-refractivity contribution is 0.344. The maximum atomic E-state index is 6.07. The van der Waals surface area contributed by atoms with Gasteiger partial charge in [0, 0.05) is 30.8 Å². The molecule has 0 radical (unpaired) electrons. The fraction of sp³-hybridized carbons (Fsp3) is 0.188. The van der Waals surface area contributed by atoms with Crippen LogP contribution in [0.4, 0.5) is 0 Å². The van der Waals surface area contributed by atoms with Gasteiger partial charge in [-0.05, 0) is 24.3 Å². The van der Waals surface area contributed by atoms with E-state index in [1.54, 1.807) is 42.4 Å². The Balaban J connectivity index is 1.59. The molecule has 0 amide bonds. The molecule has 0 spiro atoms. The first-order chi connectivity index (χ1) is 11.7. The summed E-state index contributed by atoms with van der Waals surface area (Å²) >= 11 is 13.7. The van der Waals surface area contributed by atoms with Crippen LogP contribution in [-0.2, 0) is 7.05 Å². The third-order valence-corrected chi connectivity index (χ3v) is 4.83. The van der Waals surface area contributed by atoms with Gasteiger partial charge in [0.2, 0.25) is 0 Å². The molecule has 0 saturated heterocycles. The van der Waals surface area contributed by atoms with Crippen LogP contribution in [0.1, 0.15) is 0 Å². The summed E-state index contributed by atoms with van der Waals surface area (Å²) in [5, 5.41) is 10.3. The molecule has 124 valence electrons. The van der Waals surface area contributed by atoms with E-state index in [1.165, 1.54) is 0 Å². The molecule has 0 fully saturated rings. The fourth-order valence-corrected chi connectivity index (χ4v) is 3.32. The number of ether oxygens (including phenoxy) is 1. The van der Waals surface area contributed by atoms with Crippen LogP contribution in [-0.4, -0.2) is 32.1 Å². The summed E-state index contributed by atoms with van der Waals surface area (Å²) in [5.74, 6) is 2.01. The Morgan fingerprint density at radius 1 is 1.08 bits per heavy atom. The van der Waals surface area contributed by atoms with E-state index in [1.807, 2.05) is 23.7 Å². The highest BCUT2D eigenvalue weighted by Crippen LogP contribution is 2.32. The normalized spacial score (nSPS) is 10.8. The molecule has 0 aliphatic rings. The number of halogens is 2. The lowest BCUT2D eigenvalue weighted by Gasteiger charge is -2.09. The van der Waals surface area contributed by atoms with Gasteiger partial charge in [-0.1, -0.05) is 41.0 Å². The predicted molar refractivity (Wildman–Crippen MR) is 96.9 cm³/mol. The van der Waals surface area contributed by atoms with Gasteiger partial charge in [-0.2, -0.15) is 0 Å². The number of nitrogens with zero attached hydrogens (tertiary/aromatic N) is 4. The Kier molecular flexibility index (Phi) is 5.60. The van der Waals surface area contributed by atoms with Crippen molar-refractivity contribution in [3.8, 4) is 17.1 Å². The molecule has 2 heterocycles. The summed E-state index contributed by atoms with van der Waals surface area (Å²) in [4.78, 5) is 4.01. The van der Waals surface area contributed by atoms with Gasteiger partial charge in [0.15, 0.2) is 16.7 Å². The lowest BCUT2D eigenvalue weighted by atomic mass is 10.2. The van der Waals surface area contributed by atoms with Crippen molar-refractivity contribution in [1.29, 1.82) is 0 Å². The first kappa shape index (κ1) is 17.1. The van der Waals surface area contributed by atoms with E-state index in [0.29, 0.717) is 28.2 Å². The molecule has 8 heteroatoms. The quantitative estimate of drug-likeness (QED) is 0.469. The van der Waals surface area contributed by atoms with Crippen LogP contribution in [0, 0.1) is 0 Å². The van der Waals surface area contributed by atoms with Crippen LogP contribution in [0.25, 0.3) is 11.4 Å². The van der Waals surface area contributed by atoms with Crippen molar-refractivity contribution in [3.05, 3.63) is 52.8 Å². The van der Waals surface area contributed by atoms with Gasteiger partial charge in [0.05, 0.1) is 16.7 Å². The molecule has 0 unspecified atom stereocenters. The van der Waals surface area contributed by atoms with Gasteiger partial charge in [-0.15, -0.1) is 10.2 Å². The fourth-order valence-electron chi connectivity index (χ4n) is 2.09. The summed E-state index contributed by atoms with van der Waals surface area (Å²) in [5.41, 5.74) is 0.978. The third kappa shape index (κ3) is 3.83. The van der Waals surface area contributed by atoms with Crippen molar-refractivity contribution in [2.45, 2.75) is 5.16 Å². The number of hydrogen-bond acceptors (Lipinski definition) is 5. The second kappa shape index (κ2) is 7.88. The summed E-state index contributed by atoms with van der Waals surface area (Å²) in [7, 11) is 1.93.